The lowest BCUT2D eigenvalue weighted by molar-refractivity contribution is -0.127. The number of nitrogens with one attached hydrogen (secondary N) is 3. The molecule has 0 fully saturated rings. The largest absolute Gasteiger partial charge is 0.491 e. The summed E-state index contributed by atoms with van der Waals surface area (Å²) < 4.78 is 5.56. The molecule has 3 N–H and O–H groups in total. The first-order valence-electron chi connectivity index (χ1n) is 7.37. The van der Waals surface area contributed by atoms with Crippen LogP contribution in [0.15, 0.2) is 24.3 Å². The first kappa shape index (κ1) is 18.5. The van der Waals surface area contributed by atoms with Crippen LogP contribution in [-0.2, 0) is 14.4 Å². The number of carbonyl (C=O) groups excluding carboxylic acids is 3. The number of hydrogen-bond donors (Lipinski definition) is 3. The van der Waals surface area contributed by atoms with Crippen molar-refractivity contribution in [1.82, 2.24) is 16.0 Å². The minimum absolute atomic E-state index is 0.144. The quantitative estimate of drug-likeness (QED) is 0.634. The number of ether oxygens (including phenoxy) is 1. The van der Waals surface area contributed by atoms with Gasteiger partial charge in [0.1, 0.15) is 12.4 Å². The van der Waals surface area contributed by atoms with Crippen molar-refractivity contribution in [3.8, 4) is 5.75 Å². The molecule has 0 aliphatic heterocycles. The summed E-state index contributed by atoms with van der Waals surface area (Å²) in [6.07, 6.45) is 0. The molecule has 1 aromatic rings. The third kappa shape index (κ3) is 8.45. The van der Waals surface area contributed by atoms with Gasteiger partial charge in [-0.3, -0.25) is 14.4 Å². The number of aryl methyl sites for hydroxylation is 1. The zero-order chi connectivity index (χ0) is 17.2. The number of amides is 3. The number of benzene rings is 1. The highest BCUT2D eigenvalue weighted by Gasteiger charge is 2.10. The van der Waals surface area contributed by atoms with Crippen molar-refractivity contribution in [2.24, 2.45) is 0 Å². The predicted octanol–water partition coefficient (Wildman–Crippen LogP) is 0.131. The van der Waals surface area contributed by atoms with Crippen molar-refractivity contribution in [2.45, 2.75) is 26.8 Å². The zero-order valence-corrected chi connectivity index (χ0v) is 13.6. The van der Waals surface area contributed by atoms with Crippen LogP contribution >= 0.6 is 0 Å². The summed E-state index contributed by atoms with van der Waals surface area (Å²) in [4.78, 5) is 33.7. The van der Waals surface area contributed by atoms with Gasteiger partial charge in [0.25, 0.3) is 0 Å². The van der Waals surface area contributed by atoms with E-state index in [1.807, 2.05) is 38.1 Å². The lowest BCUT2D eigenvalue weighted by Crippen LogP contribution is -2.45. The van der Waals surface area contributed by atoms with Crippen LogP contribution in [0.2, 0.25) is 0 Å². The molecule has 0 spiro atoms. The molecule has 0 aliphatic rings. The number of rotatable bonds is 8. The Morgan fingerprint density at radius 2 is 1.65 bits per heavy atom. The van der Waals surface area contributed by atoms with Crippen molar-refractivity contribution in [3.05, 3.63) is 29.8 Å². The van der Waals surface area contributed by atoms with E-state index < -0.39 is 5.91 Å². The van der Waals surface area contributed by atoms with Crippen LogP contribution in [0.4, 0.5) is 0 Å². The fourth-order valence-corrected chi connectivity index (χ4v) is 1.67. The molecule has 3 amide bonds. The van der Waals surface area contributed by atoms with Gasteiger partial charge in [0.2, 0.25) is 17.7 Å². The molecule has 0 saturated carbocycles. The first-order valence-corrected chi connectivity index (χ1v) is 7.37. The summed E-state index contributed by atoms with van der Waals surface area (Å²) in [5.74, 6) is -0.299. The SMILES string of the molecule is CC(=O)NCC(=O)NCC(=O)N[C@H](C)COc1ccc(C)cc1. The lowest BCUT2D eigenvalue weighted by atomic mass is 10.2. The molecule has 7 nitrogen and oxygen atoms in total. The third-order valence-corrected chi connectivity index (χ3v) is 2.87. The molecule has 1 aromatic carbocycles. The summed E-state index contributed by atoms with van der Waals surface area (Å²) >= 11 is 0. The topological polar surface area (TPSA) is 96.5 Å². The Hall–Kier alpha value is -2.57. The molecular formula is C16H23N3O4. The second kappa shape index (κ2) is 9.45. The van der Waals surface area contributed by atoms with Crippen LogP contribution in [0.1, 0.15) is 19.4 Å². The molecule has 1 rings (SSSR count). The van der Waals surface area contributed by atoms with Crippen LogP contribution in [-0.4, -0.2) is 43.5 Å². The van der Waals surface area contributed by atoms with Gasteiger partial charge >= 0.3 is 0 Å². The van der Waals surface area contributed by atoms with E-state index in [0.29, 0.717) is 6.61 Å². The van der Waals surface area contributed by atoms with Crippen LogP contribution in [0.25, 0.3) is 0 Å². The second-order valence-corrected chi connectivity index (χ2v) is 5.28. The smallest absolute Gasteiger partial charge is 0.239 e. The summed E-state index contributed by atoms with van der Waals surface area (Å²) in [5, 5.41) is 7.48. The van der Waals surface area contributed by atoms with Crippen molar-refractivity contribution in [1.29, 1.82) is 0 Å². The standard InChI is InChI=1S/C16H23N3O4/c1-11-4-6-14(7-5-11)23-10-12(2)19-16(22)9-18-15(21)8-17-13(3)20/h4-7,12H,8-10H2,1-3H3,(H,17,20)(H,18,21)(H,19,22)/t12-/m1/s1. The Labute approximate surface area is 135 Å². The number of hydrogen-bond acceptors (Lipinski definition) is 4. The van der Waals surface area contributed by atoms with Crippen LogP contribution in [0.3, 0.4) is 0 Å². The van der Waals surface area contributed by atoms with Crippen LogP contribution in [0, 0.1) is 6.92 Å². The summed E-state index contributed by atoms with van der Waals surface area (Å²) in [6, 6.07) is 7.43. The van der Waals surface area contributed by atoms with Gasteiger partial charge in [-0.05, 0) is 26.0 Å². The maximum absolute atomic E-state index is 11.7. The molecule has 0 radical (unpaired) electrons. The van der Waals surface area contributed by atoms with Crippen LogP contribution < -0.4 is 20.7 Å². The molecule has 23 heavy (non-hydrogen) atoms. The van der Waals surface area contributed by atoms with Crippen molar-refractivity contribution in [2.75, 3.05) is 19.7 Å². The van der Waals surface area contributed by atoms with Gasteiger partial charge in [0.05, 0.1) is 19.1 Å². The highest BCUT2D eigenvalue weighted by molar-refractivity contribution is 5.87. The molecule has 0 aliphatic carbocycles. The number of carbonyl (C=O) groups is 3. The highest BCUT2D eigenvalue weighted by atomic mass is 16.5. The molecule has 7 heteroatoms. The average Bonchev–Trinajstić information content (AvgIpc) is 2.50. The van der Waals surface area contributed by atoms with Gasteiger partial charge in [0.15, 0.2) is 0 Å². The Balaban J connectivity index is 2.21. The maximum Gasteiger partial charge on any atom is 0.239 e. The van der Waals surface area contributed by atoms with Gasteiger partial charge in [-0.1, -0.05) is 17.7 Å². The highest BCUT2D eigenvalue weighted by Crippen LogP contribution is 2.11. The van der Waals surface area contributed by atoms with Crippen molar-refractivity contribution < 1.29 is 19.1 Å². The van der Waals surface area contributed by atoms with Crippen molar-refractivity contribution >= 4 is 17.7 Å². The van der Waals surface area contributed by atoms with Gasteiger partial charge < -0.3 is 20.7 Å². The van der Waals surface area contributed by atoms with E-state index >= 15 is 0 Å². The van der Waals surface area contributed by atoms with E-state index in [0.717, 1.165) is 11.3 Å². The molecule has 0 heterocycles. The maximum atomic E-state index is 11.7. The fourth-order valence-electron chi connectivity index (χ4n) is 1.67. The molecule has 0 saturated heterocycles. The summed E-state index contributed by atoms with van der Waals surface area (Å²) in [5.41, 5.74) is 1.15. The van der Waals surface area contributed by atoms with Crippen LogP contribution in [0.5, 0.6) is 5.75 Å². The minimum atomic E-state index is -0.418. The molecule has 0 unspecified atom stereocenters. The predicted molar refractivity (Wildman–Crippen MR) is 86.0 cm³/mol. The average molecular weight is 321 g/mol. The van der Waals surface area contributed by atoms with E-state index in [4.69, 9.17) is 4.74 Å². The molecular weight excluding hydrogens is 298 g/mol. The van der Waals surface area contributed by atoms with E-state index in [1.165, 1.54) is 6.92 Å². The lowest BCUT2D eigenvalue weighted by Gasteiger charge is -2.15. The Kier molecular flexibility index (Phi) is 7.59. The Morgan fingerprint density at radius 1 is 1.04 bits per heavy atom. The van der Waals surface area contributed by atoms with Gasteiger partial charge in [-0.25, -0.2) is 0 Å². The Morgan fingerprint density at radius 3 is 2.26 bits per heavy atom. The van der Waals surface area contributed by atoms with E-state index in [-0.39, 0.29) is 30.9 Å². The van der Waals surface area contributed by atoms with E-state index in [2.05, 4.69) is 16.0 Å². The monoisotopic (exact) mass is 321 g/mol. The zero-order valence-electron chi connectivity index (χ0n) is 13.6. The molecule has 0 bridgehead atoms. The van der Waals surface area contributed by atoms with Gasteiger partial charge in [-0.15, -0.1) is 0 Å². The first-order chi connectivity index (χ1) is 10.9. The van der Waals surface area contributed by atoms with Crippen molar-refractivity contribution in [3.63, 3.8) is 0 Å². The third-order valence-electron chi connectivity index (χ3n) is 2.87. The summed E-state index contributed by atoms with van der Waals surface area (Å²) in [6.45, 7) is 5.16. The fraction of sp³-hybridized carbons (Fsp3) is 0.438. The van der Waals surface area contributed by atoms with Gasteiger partial charge in [-0.2, -0.15) is 0 Å². The van der Waals surface area contributed by atoms with E-state index in [1.54, 1.807) is 0 Å². The molecule has 1 atom stereocenters. The second-order valence-electron chi connectivity index (χ2n) is 5.28. The Bertz CT molecular complexity index is 543. The van der Waals surface area contributed by atoms with E-state index in [9.17, 15) is 14.4 Å². The van der Waals surface area contributed by atoms with Gasteiger partial charge in [0, 0.05) is 6.92 Å². The minimum Gasteiger partial charge on any atom is -0.491 e. The normalized spacial score (nSPS) is 11.3. The summed E-state index contributed by atoms with van der Waals surface area (Å²) in [7, 11) is 0. The molecule has 0 aromatic heterocycles. The molecule has 126 valence electrons.